The summed E-state index contributed by atoms with van der Waals surface area (Å²) >= 11 is 0. The lowest BCUT2D eigenvalue weighted by molar-refractivity contribution is -0.138. The van der Waals surface area contributed by atoms with Gasteiger partial charge in [-0.2, -0.15) is 13.2 Å². The molecule has 0 radical (unpaired) electrons. The van der Waals surface area contributed by atoms with E-state index in [0.717, 1.165) is 24.9 Å². The average molecular weight is 577 g/mol. The number of aromatic nitrogens is 4. The van der Waals surface area contributed by atoms with Gasteiger partial charge in [0.2, 0.25) is 0 Å². The Morgan fingerprint density at radius 1 is 1.05 bits per heavy atom. The molecule has 10 nitrogen and oxygen atoms in total. The zero-order chi connectivity index (χ0) is 29.7. The maximum Gasteiger partial charge on any atom is 0.420 e. The molecule has 3 heterocycles. The molecule has 0 aliphatic rings. The van der Waals surface area contributed by atoms with Crippen molar-refractivity contribution in [1.82, 2.24) is 19.4 Å². The average Bonchev–Trinajstić information content (AvgIpc) is 3.46. The summed E-state index contributed by atoms with van der Waals surface area (Å²) in [5.41, 5.74) is 8.04. The molecule has 0 saturated heterocycles. The van der Waals surface area contributed by atoms with Crippen LogP contribution in [0, 0.1) is 0 Å². The van der Waals surface area contributed by atoms with Gasteiger partial charge in [0, 0.05) is 60.2 Å². The molecule has 0 saturated carbocycles. The number of carbonyl (C=O) groups is 1. The summed E-state index contributed by atoms with van der Waals surface area (Å²) in [6.07, 6.45) is 4.80. The predicted molar refractivity (Wildman–Crippen MR) is 154 cm³/mol. The highest BCUT2D eigenvalue weighted by Crippen LogP contribution is 2.38. The van der Waals surface area contributed by atoms with E-state index in [0.29, 0.717) is 47.9 Å². The molecule has 0 aliphatic carbocycles. The van der Waals surface area contributed by atoms with Crippen molar-refractivity contribution < 1.29 is 22.7 Å². The molecule has 4 N–H and O–H groups in total. The number of benzene rings is 2. The van der Waals surface area contributed by atoms with Gasteiger partial charge in [-0.3, -0.25) is 4.98 Å². The SMILES string of the molecule is COc1ccc(NC(=O)Nc2cccc(-c3cn4ccnc4c(N(CCCN)c4ccncc4)n3)c2)cc1C(F)(F)F. The van der Waals surface area contributed by atoms with Crippen LogP contribution < -0.4 is 26.0 Å². The highest BCUT2D eigenvalue weighted by atomic mass is 19.4. The lowest BCUT2D eigenvalue weighted by Crippen LogP contribution is -2.23. The lowest BCUT2D eigenvalue weighted by atomic mass is 10.1. The van der Waals surface area contributed by atoms with Gasteiger partial charge < -0.3 is 30.4 Å². The van der Waals surface area contributed by atoms with Crippen LogP contribution in [0.4, 0.5) is 40.8 Å². The van der Waals surface area contributed by atoms with Crippen molar-refractivity contribution in [3.8, 4) is 17.0 Å². The summed E-state index contributed by atoms with van der Waals surface area (Å²) in [6, 6.07) is 13.3. The van der Waals surface area contributed by atoms with Crippen molar-refractivity contribution in [1.29, 1.82) is 0 Å². The van der Waals surface area contributed by atoms with Crippen LogP contribution in [0.3, 0.4) is 0 Å². The number of hydrogen-bond acceptors (Lipinski definition) is 7. The molecule has 42 heavy (non-hydrogen) atoms. The molecule has 2 amide bonds. The summed E-state index contributed by atoms with van der Waals surface area (Å²) < 4.78 is 46.8. The zero-order valence-electron chi connectivity index (χ0n) is 22.5. The van der Waals surface area contributed by atoms with E-state index < -0.39 is 17.8 Å². The molecule has 0 atom stereocenters. The number of nitrogens with one attached hydrogen (secondary N) is 2. The summed E-state index contributed by atoms with van der Waals surface area (Å²) in [5, 5.41) is 5.11. The van der Waals surface area contributed by atoms with E-state index in [1.54, 1.807) is 36.8 Å². The van der Waals surface area contributed by atoms with E-state index >= 15 is 0 Å². The molecule has 2 aromatic carbocycles. The first kappa shape index (κ1) is 28.4. The Morgan fingerprint density at radius 3 is 2.52 bits per heavy atom. The number of pyridine rings is 1. The number of amides is 2. The normalized spacial score (nSPS) is 11.4. The van der Waals surface area contributed by atoms with Crippen molar-refractivity contribution in [3.05, 3.63) is 91.1 Å². The Bertz CT molecular complexity index is 1690. The Hall–Kier alpha value is -5.17. The second-order valence-corrected chi connectivity index (χ2v) is 9.18. The summed E-state index contributed by atoms with van der Waals surface area (Å²) in [6.45, 7) is 1.10. The van der Waals surface area contributed by atoms with Gasteiger partial charge in [-0.1, -0.05) is 12.1 Å². The Labute approximate surface area is 239 Å². The number of rotatable bonds is 9. The number of ether oxygens (including phenoxy) is 1. The molecule has 0 bridgehead atoms. The van der Waals surface area contributed by atoms with Gasteiger partial charge in [0.25, 0.3) is 0 Å². The van der Waals surface area contributed by atoms with E-state index in [2.05, 4.69) is 20.6 Å². The molecule has 0 fully saturated rings. The fraction of sp³-hybridized carbons (Fsp3) is 0.172. The fourth-order valence-electron chi connectivity index (χ4n) is 4.42. The van der Waals surface area contributed by atoms with Crippen LogP contribution in [0.25, 0.3) is 16.9 Å². The molecular weight excluding hydrogens is 549 g/mol. The van der Waals surface area contributed by atoms with Crippen molar-refractivity contribution in [2.24, 2.45) is 5.73 Å². The minimum Gasteiger partial charge on any atom is -0.496 e. The van der Waals surface area contributed by atoms with Crippen LogP contribution in [0.2, 0.25) is 0 Å². The number of methoxy groups -OCH3 is 1. The number of imidazole rings is 1. The van der Waals surface area contributed by atoms with Crippen molar-refractivity contribution >= 4 is 34.6 Å². The van der Waals surface area contributed by atoms with Gasteiger partial charge in [0.15, 0.2) is 11.5 Å². The van der Waals surface area contributed by atoms with Gasteiger partial charge in [0.05, 0.1) is 18.4 Å². The van der Waals surface area contributed by atoms with Crippen molar-refractivity contribution in [2.45, 2.75) is 12.6 Å². The van der Waals surface area contributed by atoms with Gasteiger partial charge >= 0.3 is 12.2 Å². The van der Waals surface area contributed by atoms with Gasteiger partial charge in [-0.05, 0) is 55.4 Å². The topological polar surface area (TPSA) is 123 Å². The summed E-state index contributed by atoms with van der Waals surface area (Å²) in [5.74, 6) is 0.279. The smallest absolute Gasteiger partial charge is 0.420 e. The highest BCUT2D eigenvalue weighted by Gasteiger charge is 2.34. The molecule has 0 spiro atoms. The highest BCUT2D eigenvalue weighted by molar-refractivity contribution is 6.00. The molecule has 0 unspecified atom stereocenters. The van der Waals surface area contributed by atoms with Gasteiger partial charge in [0.1, 0.15) is 5.75 Å². The van der Waals surface area contributed by atoms with E-state index in [1.807, 2.05) is 39.9 Å². The third-order valence-corrected chi connectivity index (χ3v) is 6.35. The second-order valence-electron chi connectivity index (χ2n) is 9.18. The number of halogens is 3. The van der Waals surface area contributed by atoms with E-state index in [1.165, 1.54) is 6.07 Å². The molecule has 0 aliphatic heterocycles. The number of hydrogen-bond donors (Lipinski definition) is 3. The number of nitrogens with two attached hydrogens (primary N) is 1. The quantitative estimate of drug-likeness (QED) is 0.198. The third-order valence-electron chi connectivity index (χ3n) is 6.35. The minimum atomic E-state index is -4.65. The standard InChI is InChI=1S/C29H27F3N8O2/c1-42-25-7-6-21(17-23(25)29(30,31)32)37-28(41)36-20-5-2-4-19(16-20)24-18-39-15-13-35-26(39)27(38-24)40(14-3-10-33)22-8-11-34-12-9-22/h2,4-9,11-13,15-18H,3,10,14,33H2,1H3,(H2,36,37,41). The van der Waals surface area contributed by atoms with Crippen LogP contribution in [-0.4, -0.2) is 45.6 Å². The van der Waals surface area contributed by atoms with Crippen LogP contribution in [0.5, 0.6) is 5.75 Å². The van der Waals surface area contributed by atoms with Gasteiger partial charge in [-0.25, -0.2) is 14.8 Å². The van der Waals surface area contributed by atoms with E-state index in [4.69, 9.17) is 15.5 Å². The first-order chi connectivity index (χ1) is 20.3. The first-order valence-corrected chi connectivity index (χ1v) is 12.9. The lowest BCUT2D eigenvalue weighted by Gasteiger charge is -2.24. The number of urea groups is 1. The summed E-state index contributed by atoms with van der Waals surface area (Å²) in [4.78, 5) is 28.3. The number of fused-ring (bicyclic) bond motifs is 1. The van der Waals surface area contributed by atoms with Crippen LogP contribution >= 0.6 is 0 Å². The molecule has 216 valence electrons. The molecular formula is C29H27F3N8O2. The van der Waals surface area contributed by atoms with Crippen LogP contribution in [0.15, 0.2) is 85.6 Å². The number of nitrogens with zero attached hydrogens (tertiary/aromatic N) is 5. The van der Waals surface area contributed by atoms with Gasteiger partial charge in [-0.15, -0.1) is 0 Å². The maximum absolute atomic E-state index is 13.4. The Morgan fingerprint density at radius 2 is 1.81 bits per heavy atom. The third kappa shape index (κ3) is 6.25. The number of anilines is 4. The first-order valence-electron chi connectivity index (χ1n) is 12.9. The number of alkyl halides is 3. The molecule has 5 rings (SSSR count). The monoisotopic (exact) mass is 576 g/mol. The van der Waals surface area contributed by atoms with Crippen molar-refractivity contribution in [3.63, 3.8) is 0 Å². The summed E-state index contributed by atoms with van der Waals surface area (Å²) in [7, 11) is 1.15. The van der Waals surface area contributed by atoms with E-state index in [9.17, 15) is 18.0 Å². The predicted octanol–water partition coefficient (Wildman–Crippen LogP) is 5.95. The maximum atomic E-state index is 13.4. The molecule has 13 heteroatoms. The second kappa shape index (κ2) is 12.1. The minimum absolute atomic E-state index is 0.0395. The van der Waals surface area contributed by atoms with Crippen molar-refractivity contribution in [2.75, 3.05) is 35.7 Å². The van der Waals surface area contributed by atoms with Crippen LogP contribution in [-0.2, 0) is 6.18 Å². The van der Waals surface area contributed by atoms with Crippen LogP contribution in [0.1, 0.15) is 12.0 Å². The fourth-order valence-corrected chi connectivity index (χ4v) is 4.42. The van der Waals surface area contributed by atoms with E-state index in [-0.39, 0.29) is 11.4 Å². The molecule has 5 aromatic rings. The molecule has 3 aromatic heterocycles. The number of carbonyl (C=O) groups excluding carboxylic acids is 1. The largest absolute Gasteiger partial charge is 0.496 e. The Balaban J connectivity index is 1.42. The Kier molecular flexibility index (Phi) is 8.20. The zero-order valence-corrected chi connectivity index (χ0v) is 22.5.